The second-order valence-electron chi connectivity index (χ2n) is 3.54. The molecule has 0 aromatic carbocycles. The number of methoxy groups -OCH3 is 1. The van der Waals surface area contributed by atoms with Gasteiger partial charge in [-0.25, -0.2) is 4.98 Å². The Morgan fingerprint density at radius 1 is 1.60 bits per heavy atom. The van der Waals surface area contributed by atoms with E-state index in [1.165, 1.54) is 0 Å². The van der Waals surface area contributed by atoms with Gasteiger partial charge in [0.05, 0.1) is 6.10 Å². The fourth-order valence-corrected chi connectivity index (χ4v) is 1.44. The van der Waals surface area contributed by atoms with Crippen LogP contribution in [0.1, 0.15) is 18.4 Å². The Kier molecular flexibility index (Phi) is 5.07. The molecule has 3 N–H and O–H groups in total. The summed E-state index contributed by atoms with van der Waals surface area (Å²) in [7, 11) is 1.66. The average molecular weight is 210 g/mol. The van der Waals surface area contributed by atoms with E-state index >= 15 is 0 Å². The van der Waals surface area contributed by atoms with Crippen molar-refractivity contribution in [2.45, 2.75) is 25.4 Å². The van der Waals surface area contributed by atoms with Gasteiger partial charge in [0.15, 0.2) is 0 Å². The highest BCUT2D eigenvalue weighted by Gasteiger charge is 2.07. The predicted octanol–water partition coefficient (Wildman–Crippen LogP) is 0.994. The van der Waals surface area contributed by atoms with E-state index in [2.05, 4.69) is 4.98 Å². The van der Waals surface area contributed by atoms with Crippen LogP contribution >= 0.6 is 0 Å². The largest absolute Gasteiger partial charge is 0.393 e. The smallest absolute Gasteiger partial charge is 0.126 e. The van der Waals surface area contributed by atoms with Crippen molar-refractivity contribution in [1.29, 1.82) is 0 Å². The number of hydrogen-bond donors (Lipinski definition) is 2. The number of aliphatic hydroxyl groups is 1. The minimum Gasteiger partial charge on any atom is -0.393 e. The molecule has 1 aromatic rings. The maximum absolute atomic E-state index is 9.71. The predicted molar refractivity (Wildman–Crippen MR) is 59.5 cm³/mol. The average Bonchev–Trinajstić information content (AvgIpc) is 2.22. The molecule has 4 heteroatoms. The fraction of sp³-hybridized carbons (Fsp3) is 0.545. The zero-order valence-electron chi connectivity index (χ0n) is 9.02. The highest BCUT2D eigenvalue weighted by Crippen LogP contribution is 2.12. The van der Waals surface area contributed by atoms with Crippen molar-refractivity contribution in [3.63, 3.8) is 0 Å². The molecular formula is C11H18N2O2. The molecule has 1 unspecified atom stereocenters. The standard InChI is InChI=1S/C11H18N2O2/c1-15-7-3-5-10(14)8-9-4-2-6-13-11(9)12/h2,4,6,10,14H,3,5,7-8H2,1H3,(H2,12,13). The quantitative estimate of drug-likeness (QED) is 0.687. The van der Waals surface area contributed by atoms with E-state index in [-0.39, 0.29) is 6.10 Å². The summed E-state index contributed by atoms with van der Waals surface area (Å²) in [5, 5.41) is 9.71. The SMILES string of the molecule is COCCCC(O)Cc1cccnc1N. The van der Waals surface area contributed by atoms with Crippen LogP contribution in [-0.2, 0) is 11.2 Å². The van der Waals surface area contributed by atoms with Crippen LogP contribution in [0.3, 0.4) is 0 Å². The van der Waals surface area contributed by atoms with Crippen molar-refractivity contribution in [3.8, 4) is 0 Å². The van der Waals surface area contributed by atoms with Gasteiger partial charge in [-0.05, 0) is 24.5 Å². The first-order chi connectivity index (χ1) is 7.24. The third-order valence-corrected chi connectivity index (χ3v) is 2.27. The molecule has 0 aliphatic carbocycles. The van der Waals surface area contributed by atoms with Crippen molar-refractivity contribution < 1.29 is 9.84 Å². The van der Waals surface area contributed by atoms with Crippen LogP contribution in [0.5, 0.6) is 0 Å². The summed E-state index contributed by atoms with van der Waals surface area (Å²) in [5.41, 5.74) is 6.58. The lowest BCUT2D eigenvalue weighted by Crippen LogP contribution is -2.13. The zero-order chi connectivity index (χ0) is 11.1. The van der Waals surface area contributed by atoms with Crippen LogP contribution in [0.25, 0.3) is 0 Å². The van der Waals surface area contributed by atoms with Crippen LogP contribution in [0.2, 0.25) is 0 Å². The molecule has 0 aliphatic rings. The van der Waals surface area contributed by atoms with Crippen LogP contribution in [0, 0.1) is 0 Å². The molecule has 4 nitrogen and oxygen atoms in total. The number of pyridine rings is 1. The molecule has 15 heavy (non-hydrogen) atoms. The summed E-state index contributed by atoms with van der Waals surface area (Å²) in [6.07, 6.45) is 3.42. The van der Waals surface area contributed by atoms with Gasteiger partial charge in [-0.15, -0.1) is 0 Å². The molecule has 0 saturated carbocycles. The first-order valence-electron chi connectivity index (χ1n) is 5.10. The van der Waals surface area contributed by atoms with Crippen LogP contribution in [0.15, 0.2) is 18.3 Å². The van der Waals surface area contributed by atoms with Gasteiger partial charge in [0, 0.05) is 26.3 Å². The Morgan fingerprint density at radius 3 is 3.07 bits per heavy atom. The minimum absolute atomic E-state index is 0.369. The lowest BCUT2D eigenvalue weighted by atomic mass is 10.1. The third-order valence-electron chi connectivity index (χ3n) is 2.27. The Morgan fingerprint density at radius 2 is 2.40 bits per heavy atom. The van der Waals surface area contributed by atoms with Gasteiger partial charge >= 0.3 is 0 Å². The highest BCUT2D eigenvalue weighted by molar-refractivity contribution is 5.38. The van der Waals surface area contributed by atoms with Gasteiger partial charge in [0.2, 0.25) is 0 Å². The highest BCUT2D eigenvalue weighted by atomic mass is 16.5. The number of rotatable bonds is 6. The summed E-state index contributed by atoms with van der Waals surface area (Å²) in [5.74, 6) is 0.503. The van der Waals surface area contributed by atoms with Gasteiger partial charge in [-0.2, -0.15) is 0 Å². The van der Waals surface area contributed by atoms with Crippen molar-refractivity contribution in [2.75, 3.05) is 19.5 Å². The molecule has 1 rings (SSSR count). The number of hydrogen-bond acceptors (Lipinski definition) is 4. The van der Waals surface area contributed by atoms with E-state index in [1.54, 1.807) is 13.3 Å². The second-order valence-corrected chi connectivity index (χ2v) is 3.54. The zero-order valence-corrected chi connectivity index (χ0v) is 9.02. The number of aliphatic hydroxyl groups excluding tert-OH is 1. The van der Waals surface area contributed by atoms with Crippen molar-refractivity contribution >= 4 is 5.82 Å². The maximum atomic E-state index is 9.71. The molecule has 0 bridgehead atoms. The summed E-state index contributed by atoms with van der Waals surface area (Å²) in [6, 6.07) is 3.72. The van der Waals surface area contributed by atoms with E-state index in [1.807, 2.05) is 12.1 Å². The first-order valence-corrected chi connectivity index (χ1v) is 5.10. The van der Waals surface area contributed by atoms with Crippen LogP contribution in [-0.4, -0.2) is 29.9 Å². The molecule has 0 spiro atoms. The van der Waals surface area contributed by atoms with Gasteiger partial charge < -0.3 is 15.6 Å². The molecular weight excluding hydrogens is 192 g/mol. The lowest BCUT2D eigenvalue weighted by molar-refractivity contribution is 0.135. The molecule has 0 amide bonds. The molecule has 0 radical (unpaired) electrons. The summed E-state index contributed by atoms with van der Waals surface area (Å²) >= 11 is 0. The molecule has 1 heterocycles. The van der Waals surface area contributed by atoms with Gasteiger partial charge in [0.1, 0.15) is 5.82 Å². The number of ether oxygens (including phenoxy) is 1. The molecule has 84 valence electrons. The Labute approximate surface area is 90.1 Å². The van der Waals surface area contributed by atoms with E-state index < -0.39 is 0 Å². The Bertz CT molecular complexity index is 292. The molecule has 0 saturated heterocycles. The first kappa shape index (κ1) is 11.9. The summed E-state index contributed by atoms with van der Waals surface area (Å²) in [6.45, 7) is 0.680. The van der Waals surface area contributed by atoms with Gasteiger partial charge in [-0.3, -0.25) is 0 Å². The van der Waals surface area contributed by atoms with E-state index in [9.17, 15) is 5.11 Å². The van der Waals surface area contributed by atoms with Crippen molar-refractivity contribution in [2.24, 2.45) is 0 Å². The number of aromatic nitrogens is 1. The fourth-order valence-electron chi connectivity index (χ4n) is 1.44. The molecule has 1 atom stereocenters. The second kappa shape index (κ2) is 6.37. The third kappa shape index (κ3) is 4.27. The number of nitrogens with zero attached hydrogens (tertiary/aromatic N) is 1. The maximum Gasteiger partial charge on any atom is 0.126 e. The topological polar surface area (TPSA) is 68.4 Å². The summed E-state index contributed by atoms with van der Waals surface area (Å²) < 4.78 is 4.92. The number of anilines is 1. The van der Waals surface area contributed by atoms with Crippen LogP contribution < -0.4 is 5.73 Å². The normalized spacial score (nSPS) is 12.7. The van der Waals surface area contributed by atoms with E-state index in [0.29, 0.717) is 18.8 Å². The summed E-state index contributed by atoms with van der Waals surface area (Å²) in [4.78, 5) is 3.97. The minimum atomic E-state index is -0.369. The Hall–Kier alpha value is -1.13. The monoisotopic (exact) mass is 210 g/mol. The molecule has 1 aromatic heterocycles. The molecule has 0 fully saturated rings. The van der Waals surface area contributed by atoms with E-state index in [0.717, 1.165) is 18.4 Å². The van der Waals surface area contributed by atoms with E-state index in [4.69, 9.17) is 10.5 Å². The van der Waals surface area contributed by atoms with Crippen molar-refractivity contribution in [1.82, 2.24) is 4.98 Å². The van der Waals surface area contributed by atoms with Gasteiger partial charge in [-0.1, -0.05) is 6.07 Å². The van der Waals surface area contributed by atoms with Crippen LogP contribution in [0.4, 0.5) is 5.82 Å². The van der Waals surface area contributed by atoms with Crippen molar-refractivity contribution in [3.05, 3.63) is 23.9 Å². The number of nitrogen functional groups attached to an aromatic ring is 1. The molecule has 0 aliphatic heterocycles. The lowest BCUT2D eigenvalue weighted by Gasteiger charge is -2.11. The van der Waals surface area contributed by atoms with Gasteiger partial charge in [0.25, 0.3) is 0 Å². The number of nitrogens with two attached hydrogens (primary N) is 1. The Balaban J connectivity index is 2.37.